The van der Waals surface area contributed by atoms with Crippen LogP contribution in [0.15, 0.2) is 41.3 Å². The highest BCUT2D eigenvalue weighted by molar-refractivity contribution is 7.91. The van der Waals surface area contributed by atoms with Crippen molar-refractivity contribution < 1.29 is 42.4 Å². The Morgan fingerprint density at radius 3 is 2.20 bits per heavy atom. The van der Waals surface area contributed by atoms with E-state index < -0.39 is 33.7 Å². The minimum Gasteiger partial charge on any atom is -0.382 e. The van der Waals surface area contributed by atoms with Crippen molar-refractivity contribution in [1.82, 2.24) is 10.2 Å². The highest BCUT2D eigenvalue weighted by Crippen LogP contribution is 2.38. The van der Waals surface area contributed by atoms with E-state index in [0.717, 1.165) is 29.8 Å². The summed E-state index contributed by atoms with van der Waals surface area (Å²) in [6, 6.07) is 10.7. The topological polar surface area (TPSA) is 152 Å². The number of aliphatic hydroxyl groups is 2. The van der Waals surface area contributed by atoms with E-state index in [1.54, 1.807) is 25.1 Å². The van der Waals surface area contributed by atoms with Crippen molar-refractivity contribution in [3.8, 4) is 0 Å². The molecule has 3 rings (SSSR count). The van der Waals surface area contributed by atoms with E-state index in [4.69, 9.17) is 37.4 Å². The number of aliphatic hydroxyl groups excluding tert-OH is 2. The van der Waals surface area contributed by atoms with Gasteiger partial charge < -0.3 is 34.6 Å². The Bertz CT molecular complexity index is 1390. The molecule has 0 saturated carbocycles. The zero-order valence-corrected chi connectivity index (χ0v) is 28.6. The van der Waals surface area contributed by atoms with Gasteiger partial charge in [0.1, 0.15) is 6.10 Å². The molecular weight excluding hydrogens is 659 g/mol. The van der Waals surface area contributed by atoms with Crippen molar-refractivity contribution in [2.24, 2.45) is 0 Å². The lowest BCUT2D eigenvalue weighted by molar-refractivity contribution is -0.144. The highest BCUT2D eigenvalue weighted by Gasteiger charge is 2.29. The number of nitrogens with one attached hydrogen (secondary N) is 1. The molecule has 0 fully saturated rings. The number of ketones is 1. The Morgan fingerprint density at radius 1 is 0.957 bits per heavy atom. The van der Waals surface area contributed by atoms with Gasteiger partial charge in [0.05, 0.1) is 37.1 Å². The third-order valence-corrected chi connectivity index (χ3v) is 9.91. The number of nitrogens with zero attached hydrogens (tertiary/aromatic N) is 1. The number of rotatable bonds is 20. The van der Waals surface area contributed by atoms with Crippen LogP contribution in [0.25, 0.3) is 0 Å². The van der Waals surface area contributed by atoms with E-state index in [9.17, 15) is 28.2 Å². The van der Waals surface area contributed by atoms with E-state index >= 15 is 0 Å². The van der Waals surface area contributed by atoms with E-state index in [-0.39, 0.29) is 42.7 Å². The molecule has 1 amide bonds. The Kier molecular flexibility index (Phi) is 15.8. The molecule has 3 atom stereocenters. The fourth-order valence-corrected chi connectivity index (χ4v) is 7.00. The lowest BCUT2D eigenvalue weighted by atomic mass is 9.85. The molecule has 46 heavy (non-hydrogen) atoms. The summed E-state index contributed by atoms with van der Waals surface area (Å²) in [5.74, 6) is -1.43. The number of ether oxygens (including phenoxy) is 3. The van der Waals surface area contributed by atoms with Gasteiger partial charge in [0.2, 0.25) is 0 Å². The second-order valence-corrected chi connectivity index (χ2v) is 14.1. The molecule has 0 spiro atoms. The van der Waals surface area contributed by atoms with Gasteiger partial charge in [-0.2, -0.15) is 0 Å². The van der Waals surface area contributed by atoms with Crippen LogP contribution < -0.4 is 5.32 Å². The Hall–Kier alpha value is -2.13. The molecule has 0 bridgehead atoms. The summed E-state index contributed by atoms with van der Waals surface area (Å²) in [4.78, 5) is 25.9. The zero-order chi connectivity index (χ0) is 33.7. The number of fused-ring (bicyclic) bond motifs is 1. The van der Waals surface area contributed by atoms with Crippen LogP contribution in [0.2, 0.25) is 10.0 Å². The molecule has 2 aromatic carbocycles. The van der Waals surface area contributed by atoms with Crippen molar-refractivity contribution in [3.05, 3.63) is 63.1 Å². The molecule has 0 aromatic heterocycles. The number of halogens is 2. The number of hydrogen-bond donors (Lipinski definition) is 3. The monoisotopic (exact) mass is 702 g/mol. The molecule has 11 nitrogen and oxygen atoms in total. The third-order valence-electron chi connectivity index (χ3n) is 7.54. The van der Waals surface area contributed by atoms with Gasteiger partial charge in [0.15, 0.2) is 21.7 Å². The molecule has 1 heterocycles. The van der Waals surface area contributed by atoms with Crippen LogP contribution in [0.5, 0.6) is 0 Å². The summed E-state index contributed by atoms with van der Waals surface area (Å²) < 4.78 is 42.1. The lowest BCUT2D eigenvalue weighted by Gasteiger charge is -2.33. The Labute approximate surface area is 281 Å². The molecule has 14 heteroatoms. The summed E-state index contributed by atoms with van der Waals surface area (Å²) >= 11 is 12.8. The Morgan fingerprint density at radius 2 is 1.57 bits per heavy atom. The maximum atomic E-state index is 12.9. The number of benzene rings is 2. The fourth-order valence-electron chi connectivity index (χ4n) is 5.14. The standard InChI is InChI=1S/C32H44Cl2N2O9S/c1-3-35-32(40)31(39)30(38)29(37)6-4-11-43-13-15-45-16-14-44-12-5-17-46(41,42)24-9-7-22(8-10-24)26-20-36(2)21-27-25(26)18-23(33)19-28(27)34/h7-10,18-19,26,30-31,38-39H,3-6,11-17,20-21H2,1-2H3,(H,35,40). The number of amides is 1. The molecule has 3 unspecified atom stereocenters. The quantitative estimate of drug-likeness (QED) is 0.176. The third kappa shape index (κ3) is 11.5. The van der Waals surface area contributed by atoms with Gasteiger partial charge in [-0.3, -0.25) is 9.59 Å². The number of sulfone groups is 1. The predicted molar refractivity (Wildman–Crippen MR) is 175 cm³/mol. The molecule has 3 N–H and O–H groups in total. The molecular formula is C32H44Cl2N2O9S. The molecule has 1 aliphatic rings. The van der Waals surface area contributed by atoms with Gasteiger partial charge in [-0.1, -0.05) is 35.3 Å². The summed E-state index contributed by atoms with van der Waals surface area (Å²) in [5.41, 5.74) is 3.11. The largest absolute Gasteiger partial charge is 0.382 e. The lowest BCUT2D eigenvalue weighted by Crippen LogP contribution is -2.45. The van der Waals surface area contributed by atoms with Crippen LogP contribution in [0.1, 0.15) is 48.8 Å². The summed E-state index contributed by atoms with van der Waals surface area (Å²) in [5, 5.41) is 23.0. The van der Waals surface area contributed by atoms with Crippen LogP contribution in [0.3, 0.4) is 0 Å². The van der Waals surface area contributed by atoms with Gasteiger partial charge in [-0.05, 0) is 67.8 Å². The van der Waals surface area contributed by atoms with Crippen LogP contribution in [-0.2, 0) is 40.2 Å². The first-order valence-electron chi connectivity index (χ1n) is 15.3. The molecule has 0 aliphatic carbocycles. The Balaban J connectivity index is 1.27. The van der Waals surface area contributed by atoms with Crippen molar-refractivity contribution >= 4 is 44.7 Å². The number of carbonyl (C=O) groups is 2. The SMILES string of the molecule is CCNC(=O)C(O)C(O)C(=O)CCCOCCOCCOCCCS(=O)(=O)c1ccc(C2CN(C)Cc3c(Cl)cc(Cl)cc32)cc1. The van der Waals surface area contributed by atoms with Crippen molar-refractivity contribution in [2.75, 3.05) is 65.5 Å². The second kappa shape index (κ2) is 19.0. The first kappa shape index (κ1) is 38.3. The van der Waals surface area contributed by atoms with Crippen molar-refractivity contribution in [3.63, 3.8) is 0 Å². The molecule has 256 valence electrons. The molecule has 0 saturated heterocycles. The van der Waals surface area contributed by atoms with Gasteiger partial charge in [-0.15, -0.1) is 0 Å². The number of likely N-dealkylation sites (N-methyl/N-ethyl adjacent to an activating group) is 2. The van der Waals surface area contributed by atoms with Gasteiger partial charge >= 0.3 is 0 Å². The van der Waals surface area contributed by atoms with Gasteiger partial charge in [-0.25, -0.2) is 8.42 Å². The minimum atomic E-state index is -3.47. The molecule has 0 radical (unpaired) electrons. The van der Waals surface area contributed by atoms with Crippen molar-refractivity contribution in [1.29, 1.82) is 0 Å². The number of carbonyl (C=O) groups excluding carboxylic acids is 2. The zero-order valence-electron chi connectivity index (χ0n) is 26.3. The van der Waals surface area contributed by atoms with Gasteiger partial charge in [0.25, 0.3) is 5.91 Å². The molecule has 2 aromatic rings. The van der Waals surface area contributed by atoms with Crippen LogP contribution in [-0.4, -0.2) is 113 Å². The molecule has 1 aliphatic heterocycles. The van der Waals surface area contributed by atoms with Gasteiger partial charge in [0, 0.05) is 55.2 Å². The maximum absolute atomic E-state index is 12.9. The van der Waals surface area contributed by atoms with Crippen LogP contribution in [0, 0.1) is 0 Å². The van der Waals surface area contributed by atoms with E-state index in [0.29, 0.717) is 49.3 Å². The minimum absolute atomic E-state index is 0.0301. The summed E-state index contributed by atoms with van der Waals surface area (Å²) in [7, 11) is -1.44. The second-order valence-electron chi connectivity index (χ2n) is 11.1. The summed E-state index contributed by atoms with van der Waals surface area (Å²) in [6.45, 7) is 5.19. The van der Waals surface area contributed by atoms with E-state index in [1.165, 1.54) is 0 Å². The highest BCUT2D eigenvalue weighted by atomic mass is 35.5. The summed E-state index contributed by atoms with van der Waals surface area (Å²) in [6.07, 6.45) is -2.92. The fraction of sp³-hybridized carbons (Fsp3) is 0.562. The first-order chi connectivity index (χ1) is 21.9. The van der Waals surface area contributed by atoms with Crippen LogP contribution >= 0.6 is 23.2 Å². The average Bonchev–Trinajstić information content (AvgIpc) is 3.02. The maximum Gasteiger partial charge on any atom is 0.252 e. The smallest absolute Gasteiger partial charge is 0.252 e. The number of hydrogen-bond acceptors (Lipinski definition) is 10. The first-order valence-corrected chi connectivity index (χ1v) is 17.7. The predicted octanol–water partition coefficient (Wildman–Crippen LogP) is 2.99. The van der Waals surface area contributed by atoms with E-state index in [2.05, 4.69) is 10.2 Å². The van der Waals surface area contributed by atoms with Crippen LogP contribution in [0.4, 0.5) is 0 Å². The average molecular weight is 704 g/mol. The number of Topliss-reactive ketones (excluding diaryl/α,β-unsaturated/α-hetero) is 1. The van der Waals surface area contributed by atoms with E-state index in [1.807, 2.05) is 25.2 Å². The normalized spacial score (nSPS) is 16.5. The van der Waals surface area contributed by atoms with Crippen molar-refractivity contribution in [2.45, 2.75) is 55.8 Å².